The van der Waals surface area contributed by atoms with E-state index < -0.39 is 0 Å². The fourth-order valence-electron chi connectivity index (χ4n) is 3.91. The normalized spacial score (nSPS) is 16.4. The number of carbonyl (C=O) groups is 1. The number of ether oxygens (including phenoxy) is 2. The van der Waals surface area contributed by atoms with E-state index in [9.17, 15) is 4.79 Å². The zero-order valence-corrected chi connectivity index (χ0v) is 18.2. The second kappa shape index (κ2) is 11.0. The van der Waals surface area contributed by atoms with Crippen molar-refractivity contribution in [3.63, 3.8) is 0 Å². The summed E-state index contributed by atoms with van der Waals surface area (Å²) in [5.74, 6) is 1.05. The zero-order chi connectivity index (χ0) is 21.3. The summed E-state index contributed by atoms with van der Waals surface area (Å²) in [6, 6.07) is 14.1. The van der Waals surface area contributed by atoms with Crippen LogP contribution in [0.2, 0.25) is 0 Å². The van der Waals surface area contributed by atoms with Crippen molar-refractivity contribution in [2.45, 2.75) is 39.3 Å². The van der Waals surface area contributed by atoms with Gasteiger partial charge in [0.15, 0.2) is 18.1 Å². The summed E-state index contributed by atoms with van der Waals surface area (Å²) in [6.45, 7) is 8.04. The van der Waals surface area contributed by atoms with Gasteiger partial charge in [0, 0.05) is 30.4 Å². The topological polar surface area (TPSA) is 62.8 Å². The molecule has 0 radical (unpaired) electrons. The van der Waals surface area contributed by atoms with E-state index in [0.29, 0.717) is 24.1 Å². The molecule has 162 valence electrons. The van der Waals surface area contributed by atoms with E-state index >= 15 is 0 Å². The maximum Gasteiger partial charge on any atom is 0.262 e. The standard InChI is InChI=1S/C24H33N3O3/c1-4-27-14-6-8-21(27)16-25-15-19-7-5-9-22(29-3)24(19)30-17-23(28)26-20-12-10-18(2)11-13-20/h5,7,9-13,21,25H,4,6,8,14-17H2,1-3H3,(H,26,28)/t21-/m1/s1. The summed E-state index contributed by atoms with van der Waals surface area (Å²) in [5.41, 5.74) is 2.89. The summed E-state index contributed by atoms with van der Waals surface area (Å²) in [6.07, 6.45) is 2.51. The molecular formula is C24H33N3O3. The molecule has 0 bridgehead atoms. The number of para-hydroxylation sites is 1. The van der Waals surface area contributed by atoms with Crippen molar-refractivity contribution in [1.82, 2.24) is 10.2 Å². The number of hydrogen-bond acceptors (Lipinski definition) is 5. The number of carbonyl (C=O) groups excluding carboxylic acids is 1. The third kappa shape index (κ3) is 5.97. The molecule has 6 nitrogen and oxygen atoms in total. The second-order valence-electron chi connectivity index (χ2n) is 7.71. The van der Waals surface area contributed by atoms with Crippen molar-refractivity contribution < 1.29 is 14.3 Å². The number of likely N-dealkylation sites (tertiary alicyclic amines) is 1. The Morgan fingerprint density at radius 2 is 2.00 bits per heavy atom. The number of methoxy groups -OCH3 is 1. The highest BCUT2D eigenvalue weighted by Gasteiger charge is 2.22. The van der Waals surface area contributed by atoms with Gasteiger partial charge in [0.25, 0.3) is 5.91 Å². The van der Waals surface area contributed by atoms with Crippen LogP contribution in [0.3, 0.4) is 0 Å². The molecule has 3 rings (SSSR count). The Balaban J connectivity index is 1.57. The van der Waals surface area contributed by atoms with Gasteiger partial charge >= 0.3 is 0 Å². The molecule has 1 atom stereocenters. The van der Waals surface area contributed by atoms with Gasteiger partial charge in [-0.1, -0.05) is 36.8 Å². The molecule has 2 aromatic rings. The van der Waals surface area contributed by atoms with Gasteiger partial charge in [-0.3, -0.25) is 9.69 Å². The first-order valence-corrected chi connectivity index (χ1v) is 10.7. The molecular weight excluding hydrogens is 378 g/mol. The van der Waals surface area contributed by atoms with Gasteiger partial charge in [0.05, 0.1) is 7.11 Å². The van der Waals surface area contributed by atoms with Crippen molar-refractivity contribution in [3.05, 3.63) is 53.6 Å². The van der Waals surface area contributed by atoms with Gasteiger partial charge < -0.3 is 20.1 Å². The Hall–Kier alpha value is -2.57. The quantitative estimate of drug-likeness (QED) is 0.626. The number of likely N-dealkylation sites (N-methyl/N-ethyl adjacent to an activating group) is 1. The average Bonchev–Trinajstić information content (AvgIpc) is 3.21. The van der Waals surface area contributed by atoms with Gasteiger partial charge in [-0.15, -0.1) is 0 Å². The first kappa shape index (κ1) is 22.1. The molecule has 2 aromatic carbocycles. The van der Waals surface area contributed by atoms with E-state index in [-0.39, 0.29) is 12.5 Å². The fourth-order valence-corrected chi connectivity index (χ4v) is 3.91. The van der Waals surface area contributed by atoms with Crippen LogP contribution in [0.4, 0.5) is 5.69 Å². The minimum Gasteiger partial charge on any atom is -0.493 e. The van der Waals surface area contributed by atoms with Crippen molar-refractivity contribution in [2.24, 2.45) is 0 Å². The van der Waals surface area contributed by atoms with Gasteiger partial charge in [0.2, 0.25) is 0 Å². The molecule has 1 amide bonds. The third-order valence-corrected chi connectivity index (χ3v) is 5.56. The molecule has 1 fully saturated rings. The van der Waals surface area contributed by atoms with Crippen LogP contribution < -0.4 is 20.1 Å². The number of aryl methyl sites for hydroxylation is 1. The Morgan fingerprint density at radius 1 is 1.20 bits per heavy atom. The van der Waals surface area contributed by atoms with E-state index in [0.717, 1.165) is 29.9 Å². The number of rotatable bonds is 10. The zero-order valence-electron chi connectivity index (χ0n) is 18.2. The van der Waals surface area contributed by atoms with E-state index in [1.54, 1.807) is 7.11 Å². The highest BCUT2D eigenvalue weighted by molar-refractivity contribution is 5.91. The summed E-state index contributed by atoms with van der Waals surface area (Å²) >= 11 is 0. The van der Waals surface area contributed by atoms with Crippen LogP contribution in [0.5, 0.6) is 11.5 Å². The van der Waals surface area contributed by atoms with Crippen LogP contribution in [-0.2, 0) is 11.3 Å². The Labute approximate surface area is 179 Å². The van der Waals surface area contributed by atoms with Gasteiger partial charge in [-0.25, -0.2) is 0 Å². The molecule has 0 unspecified atom stereocenters. The number of amides is 1. The van der Waals surface area contributed by atoms with Gasteiger partial charge in [-0.2, -0.15) is 0 Å². The lowest BCUT2D eigenvalue weighted by molar-refractivity contribution is -0.118. The van der Waals surface area contributed by atoms with Crippen molar-refractivity contribution in [3.8, 4) is 11.5 Å². The van der Waals surface area contributed by atoms with Crippen molar-refractivity contribution in [2.75, 3.05) is 38.7 Å². The minimum absolute atomic E-state index is 0.0759. The molecule has 1 aliphatic heterocycles. The van der Waals surface area contributed by atoms with E-state index in [1.165, 1.54) is 19.4 Å². The van der Waals surface area contributed by atoms with Crippen LogP contribution in [0.15, 0.2) is 42.5 Å². The van der Waals surface area contributed by atoms with Crippen molar-refractivity contribution >= 4 is 11.6 Å². The van der Waals surface area contributed by atoms with Crippen LogP contribution in [-0.4, -0.2) is 50.2 Å². The number of nitrogens with one attached hydrogen (secondary N) is 2. The number of nitrogens with zero attached hydrogens (tertiary/aromatic N) is 1. The van der Waals surface area contributed by atoms with Gasteiger partial charge in [-0.05, 0) is 51.1 Å². The van der Waals surface area contributed by atoms with E-state index in [2.05, 4.69) is 22.5 Å². The predicted molar refractivity (Wildman–Crippen MR) is 120 cm³/mol. The molecule has 2 N–H and O–H groups in total. The van der Waals surface area contributed by atoms with Crippen molar-refractivity contribution in [1.29, 1.82) is 0 Å². The molecule has 0 aromatic heterocycles. The van der Waals surface area contributed by atoms with Gasteiger partial charge in [0.1, 0.15) is 0 Å². The maximum atomic E-state index is 12.3. The highest BCUT2D eigenvalue weighted by atomic mass is 16.5. The number of benzene rings is 2. The summed E-state index contributed by atoms with van der Waals surface area (Å²) in [7, 11) is 1.61. The maximum absolute atomic E-state index is 12.3. The molecule has 30 heavy (non-hydrogen) atoms. The summed E-state index contributed by atoms with van der Waals surface area (Å²) in [5, 5.41) is 6.42. The lowest BCUT2D eigenvalue weighted by Gasteiger charge is -2.23. The monoisotopic (exact) mass is 411 g/mol. The molecule has 1 heterocycles. The molecule has 1 aliphatic rings. The minimum atomic E-state index is -0.201. The highest BCUT2D eigenvalue weighted by Crippen LogP contribution is 2.31. The second-order valence-corrected chi connectivity index (χ2v) is 7.71. The van der Waals surface area contributed by atoms with Crippen LogP contribution in [0, 0.1) is 6.92 Å². The largest absolute Gasteiger partial charge is 0.493 e. The third-order valence-electron chi connectivity index (χ3n) is 5.56. The van der Waals surface area contributed by atoms with E-state index in [1.807, 2.05) is 49.4 Å². The predicted octanol–water partition coefficient (Wildman–Crippen LogP) is 3.60. The van der Waals surface area contributed by atoms with E-state index in [4.69, 9.17) is 9.47 Å². The Kier molecular flexibility index (Phi) is 8.11. The Morgan fingerprint density at radius 3 is 2.73 bits per heavy atom. The lowest BCUT2D eigenvalue weighted by Crippen LogP contribution is -2.37. The summed E-state index contributed by atoms with van der Waals surface area (Å²) in [4.78, 5) is 14.9. The molecule has 1 saturated heterocycles. The molecule has 0 aliphatic carbocycles. The van der Waals surface area contributed by atoms with Crippen LogP contribution in [0.25, 0.3) is 0 Å². The number of anilines is 1. The van der Waals surface area contributed by atoms with Crippen LogP contribution in [0.1, 0.15) is 30.9 Å². The Bertz CT molecular complexity index is 823. The fraction of sp³-hybridized carbons (Fsp3) is 0.458. The SMILES string of the molecule is CCN1CCC[C@@H]1CNCc1cccc(OC)c1OCC(=O)Nc1ccc(C)cc1. The lowest BCUT2D eigenvalue weighted by atomic mass is 10.1. The van der Waals surface area contributed by atoms with Crippen LogP contribution >= 0.6 is 0 Å². The smallest absolute Gasteiger partial charge is 0.262 e. The first-order valence-electron chi connectivity index (χ1n) is 10.7. The molecule has 0 saturated carbocycles. The first-order chi connectivity index (χ1) is 14.6. The summed E-state index contributed by atoms with van der Waals surface area (Å²) < 4.78 is 11.4. The molecule has 6 heteroatoms. The average molecular weight is 412 g/mol. The number of hydrogen-bond donors (Lipinski definition) is 2. The molecule has 0 spiro atoms.